The molecule has 1 heterocycles. The van der Waals surface area contributed by atoms with Crippen molar-refractivity contribution in [1.82, 2.24) is 15.3 Å². The number of benzene rings is 1. The van der Waals surface area contributed by atoms with Gasteiger partial charge < -0.3 is 20.8 Å². The van der Waals surface area contributed by atoms with Gasteiger partial charge in [-0.2, -0.15) is 5.26 Å². The number of hydrogen-bond acceptors (Lipinski definition) is 6. The van der Waals surface area contributed by atoms with Crippen molar-refractivity contribution in [2.75, 3.05) is 12.3 Å². The van der Waals surface area contributed by atoms with Gasteiger partial charge in [0.15, 0.2) is 0 Å². The molecule has 0 aliphatic carbocycles. The fourth-order valence-corrected chi connectivity index (χ4v) is 1.96. The number of nitrogens with one attached hydrogen (secondary N) is 3. The molecular weight excluding hydrogens is 333 g/mol. The molecule has 9 nitrogen and oxygen atoms in total. The minimum atomic E-state index is -0.878. The van der Waals surface area contributed by atoms with Crippen LogP contribution in [0.2, 0.25) is 0 Å². The Morgan fingerprint density at radius 3 is 2.84 bits per heavy atom. The maximum atomic E-state index is 13.5. The number of carbonyl (C=O) groups excluding carboxylic acids is 1. The molecule has 25 heavy (non-hydrogen) atoms. The zero-order valence-corrected chi connectivity index (χ0v) is 13.1. The Kier molecular flexibility index (Phi) is 5.18. The van der Waals surface area contributed by atoms with Crippen molar-refractivity contribution in [2.45, 2.75) is 13.0 Å². The number of nitrogens with zero attached hydrogens (tertiary/aromatic N) is 1. The van der Waals surface area contributed by atoms with E-state index >= 15 is 0 Å². The molecule has 5 N–H and O–H groups in total. The van der Waals surface area contributed by atoms with Gasteiger partial charge in [-0.15, -0.1) is 0 Å². The zero-order chi connectivity index (χ0) is 18.6. The van der Waals surface area contributed by atoms with Gasteiger partial charge in [0.1, 0.15) is 41.2 Å². The lowest BCUT2D eigenvalue weighted by molar-refractivity contribution is 0.0922. The Morgan fingerprint density at radius 2 is 2.16 bits per heavy atom. The van der Waals surface area contributed by atoms with Crippen molar-refractivity contribution >= 4 is 11.6 Å². The third-order valence-corrected chi connectivity index (χ3v) is 3.16. The molecule has 0 saturated carbocycles. The summed E-state index contributed by atoms with van der Waals surface area (Å²) in [5.74, 6) is -1.46. The van der Waals surface area contributed by atoms with Gasteiger partial charge in [-0.1, -0.05) is 6.07 Å². The molecule has 130 valence electrons. The fraction of sp³-hybridized carbons (Fsp3) is 0.200. The highest BCUT2D eigenvalue weighted by molar-refractivity contribution is 5.96. The number of aromatic amines is 2. The van der Waals surface area contributed by atoms with E-state index in [1.54, 1.807) is 13.0 Å². The average Bonchev–Trinajstić information content (AvgIpc) is 2.56. The SMILES string of the molecule is C[C@H](COc1cccc(F)c1C#N)NC(=O)c1[nH]c(=O)[nH]c(=O)c1N. The van der Waals surface area contributed by atoms with E-state index in [0.29, 0.717) is 0 Å². The van der Waals surface area contributed by atoms with Gasteiger partial charge in [-0.25, -0.2) is 9.18 Å². The van der Waals surface area contributed by atoms with E-state index in [1.165, 1.54) is 12.1 Å². The Bertz CT molecular complexity index is 960. The molecule has 0 aliphatic rings. The van der Waals surface area contributed by atoms with Crippen molar-refractivity contribution in [1.29, 1.82) is 5.26 Å². The zero-order valence-electron chi connectivity index (χ0n) is 13.1. The van der Waals surface area contributed by atoms with Gasteiger partial charge in [0.2, 0.25) is 0 Å². The van der Waals surface area contributed by atoms with Crippen LogP contribution in [-0.2, 0) is 0 Å². The lowest BCUT2D eigenvalue weighted by Gasteiger charge is -2.16. The summed E-state index contributed by atoms with van der Waals surface area (Å²) in [6, 6.07) is 5.03. The first-order chi connectivity index (χ1) is 11.8. The van der Waals surface area contributed by atoms with E-state index in [4.69, 9.17) is 15.7 Å². The molecule has 1 aromatic heterocycles. The van der Waals surface area contributed by atoms with Gasteiger partial charge in [0.25, 0.3) is 11.5 Å². The van der Waals surface area contributed by atoms with Gasteiger partial charge in [0.05, 0.1) is 6.04 Å². The summed E-state index contributed by atoms with van der Waals surface area (Å²) in [6.07, 6.45) is 0. The third kappa shape index (κ3) is 4.03. The Balaban J connectivity index is 2.07. The number of carbonyl (C=O) groups is 1. The van der Waals surface area contributed by atoms with Gasteiger partial charge >= 0.3 is 5.69 Å². The number of amides is 1. The highest BCUT2D eigenvalue weighted by atomic mass is 19.1. The number of ether oxygens (including phenoxy) is 1. The van der Waals surface area contributed by atoms with Crippen molar-refractivity contribution in [3.63, 3.8) is 0 Å². The molecule has 0 unspecified atom stereocenters. The first-order valence-corrected chi connectivity index (χ1v) is 7.07. The molecule has 0 saturated heterocycles. The van der Waals surface area contributed by atoms with Crippen LogP contribution in [-0.4, -0.2) is 28.5 Å². The number of anilines is 1. The molecular formula is C15H14FN5O4. The highest BCUT2D eigenvalue weighted by Gasteiger charge is 2.17. The van der Waals surface area contributed by atoms with Crippen LogP contribution >= 0.6 is 0 Å². The molecule has 0 spiro atoms. The molecule has 0 aliphatic heterocycles. The van der Waals surface area contributed by atoms with Gasteiger partial charge in [0, 0.05) is 0 Å². The molecule has 2 aromatic rings. The smallest absolute Gasteiger partial charge is 0.326 e. The number of aromatic nitrogens is 2. The van der Waals surface area contributed by atoms with Crippen LogP contribution in [0.25, 0.3) is 0 Å². The van der Waals surface area contributed by atoms with E-state index in [0.717, 1.165) is 6.07 Å². The summed E-state index contributed by atoms with van der Waals surface area (Å²) in [5, 5.41) is 11.4. The van der Waals surface area contributed by atoms with Crippen molar-refractivity contribution in [3.05, 3.63) is 56.1 Å². The lowest BCUT2D eigenvalue weighted by atomic mass is 10.2. The second-order valence-corrected chi connectivity index (χ2v) is 5.11. The molecule has 1 atom stereocenters. The normalized spacial score (nSPS) is 11.4. The molecule has 0 bridgehead atoms. The predicted molar refractivity (Wildman–Crippen MR) is 85.6 cm³/mol. The Hall–Kier alpha value is -3.61. The van der Waals surface area contributed by atoms with Crippen LogP contribution in [0.5, 0.6) is 5.75 Å². The van der Waals surface area contributed by atoms with E-state index in [2.05, 4.69) is 10.3 Å². The number of nitrogen functional groups attached to an aromatic ring is 1. The molecule has 10 heteroatoms. The van der Waals surface area contributed by atoms with E-state index < -0.39 is 34.7 Å². The number of nitriles is 1. The minimum absolute atomic E-state index is 0.0349. The van der Waals surface area contributed by atoms with Crippen molar-refractivity contribution in [2.24, 2.45) is 0 Å². The molecule has 0 fully saturated rings. The fourth-order valence-electron chi connectivity index (χ4n) is 1.96. The number of H-pyrrole nitrogens is 2. The maximum absolute atomic E-state index is 13.5. The molecule has 1 aromatic carbocycles. The maximum Gasteiger partial charge on any atom is 0.326 e. The van der Waals surface area contributed by atoms with Crippen LogP contribution in [0.1, 0.15) is 23.0 Å². The largest absolute Gasteiger partial charge is 0.490 e. The monoisotopic (exact) mass is 347 g/mol. The van der Waals surface area contributed by atoms with Crippen LogP contribution in [0.3, 0.4) is 0 Å². The number of nitrogens with two attached hydrogens (primary N) is 1. The lowest BCUT2D eigenvalue weighted by Crippen LogP contribution is -2.40. The van der Waals surface area contributed by atoms with E-state index in [9.17, 15) is 18.8 Å². The van der Waals surface area contributed by atoms with Crippen LogP contribution in [0.15, 0.2) is 27.8 Å². The van der Waals surface area contributed by atoms with Crippen LogP contribution in [0.4, 0.5) is 10.1 Å². The first-order valence-electron chi connectivity index (χ1n) is 7.07. The second-order valence-electron chi connectivity index (χ2n) is 5.11. The van der Waals surface area contributed by atoms with E-state index in [1.807, 2.05) is 4.98 Å². The van der Waals surface area contributed by atoms with Crippen LogP contribution < -0.4 is 27.0 Å². The standard InChI is InChI=1S/C15H14FN5O4/c1-7(6-25-10-4-2-3-9(16)8(10)5-17)19-14(23)12-11(18)13(22)21-15(24)20-12/h2-4,7H,6,18H2,1H3,(H,19,23)(H2,20,21,22,24)/t7-/m1/s1. The average molecular weight is 347 g/mol. The number of rotatable bonds is 5. The van der Waals surface area contributed by atoms with Gasteiger partial charge in [-0.05, 0) is 19.1 Å². The minimum Gasteiger partial charge on any atom is -0.490 e. The summed E-state index contributed by atoms with van der Waals surface area (Å²) in [4.78, 5) is 38.7. The third-order valence-electron chi connectivity index (χ3n) is 3.16. The number of hydrogen-bond donors (Lipinski definition) is 4. The molecule has 0 radical (unpaired) electrons. The second kappa shape index (κ2) is 7.31. The van der Waals surface area contributed by atoms with E-state index in [-0.39, 0.29) is 23.6 Å². The van der Waals surface area contributed by atoms with Gasteiger partial charge in [-0.3, -0.25) is 14.6 Å². The Morgan fingerprint density at radius 1 is 1.44 bits per heavy atom. The van der Waals surface area contributed by atoms with Crippen molar-refractivity contribution < 1.29 is 13.9 Å². The van der Waals surface area contributed by atoms with Crippen LogP contribution in [0, 0.1) is 17.1 Å². The Labute approximate surface area is 140 Å². The molecule has 1 amide bonds. The summed E-state index contributed by atoms with van der Waals surface area (Å²) in [6.45, 7) is 1.49. The number of halogens is 1. The topological polar surface area (TPSA) is 154 Å². The summed E-state index contributed by atoms with van der Waals surface area (Å²) < 4.78 is 18.8. The predicted octanol–water partition coefficient (Wildman–Crippen LogP) is -0.147. The molecule has 2 rings (SSSR count). The summed E-state index contributed by atoms with van der Waals surface area (Å²) in [5.41, 5.74) is 2.67. The summed E-state index contributed by atoms with van der Waals surface area (Å²) in [7, 11) is 0. The quantitative estimate of drug-likeness (QED) is 0.590. The highest BCUT2D eigenvalue weighted by Crippen LogP contribution is 2.20. The summed E-state index contributed by atoms with van der Waals surface area (Å²) >= 11 is 0. The van der Waals surface area contributed by atoms with Crippen molar-refractivity contribution in [3.8, 4) is 11.8 Å². The first kappa shape index (κ1) is 17.7.